The van der Waals surface area contributed by atoms with E-state index in [1.54, 1.807) is 0 Å². The maximum Gasteiger partial charge on any atom is 0.305 e. The third-order valence-electron chi connectivity index (χ3n) is 4.07. The molecular formula is C12H21NO2S. The first-order valence-electron chi connectivity index (χ1n) is 6.23. The molecule has 2 heterocycles. The van der Waals surface area contributed by atoms with E-state index in [9.17, 15) is 9.90 Å². The maximum absolute atomic E-state index is 11.1. The summed E-state index contributed by atoms with van der Waals surface area (Å²) >= 11 is 1.95. The van der Waals surface area contributed by atoms with E-state index in [1.807, 2.05) is 11.8 Å². The largest absolute Gasteiger partial charge is 0.481 e. The van der Waals surface area contributed by atoms with Gasteiger partial charge in [0, 0.05) is 10.8 Å². The summed E-state index contributed by atoms with van der Waals surface area (Å²) in [5.74, 6) is 0.553. The van der Waals surface area contributed by atoms with E-state index in [2.05, 4.69) is 11.8 Å². The standard InChI is InChI=1S/C12H21NO2S/c1-10-12(9-11(14)15,5-4-8-16-10)13-6-2-3-7-13/h10H,2-9H2,1H3,(H,14,15). The van der Waals surface area contributed by atoms with Crippen molar-refractivity contribution in [2.24, 2.45) is 0 Å². The van der Waals surface area contributed by atoms with E-state index in [4.69, 9.17) is 0 Å². The number of thioether (sulfide) groups is 1. The molecule has 0 aromatic heterocycles. The van der Waals surface area contributed by atoms with Crippen LogP contribution in [-0.4, -0.2) is 45.6 Å². The van der Waals surface area contributed by atoms with Crippen molar-refractivity contribution in [1.29, 1.82) is 0 Å². The minimum absolute atomic E-state index is 0.0642. The Morgan fingerprint density at radius 2 is 2.12 bits per heavy atom. The van der Waals surface area contributed by atoms with Crippen LogP contribution in [0.2, 0.25) is 0 Å². The van der Waals surface area contributed by atoms with Crippen molar-refractivity contribution >= 4 is 17.7 Å². The van der Waals surface area contributed by atoms with Gasteiger partial charge in [-0.2, -0.15) is 11.8 Å². The van der Waals surface area contributed by atoms with Crippen LogP contribution in [0.5, 0.6) is 0 Å². The average Bonchev–Trinajstić information content (AvgIpc) is 2.74. The fourth-order valence-electron chi connectivity index (χ4n) is 3.18. The number of rotatable bonds is 3. The van der Waals surface area contributed by atoms with Crippen LogP contribution in [0.15, 0.2) is 0 Å². The van der Waals surface area contributed by atoms with E-state index in [0.29, 0.717) is 11.7 Å². The summed E-state index contributed by atoms with van der Waals surface area (Å²) in [5.41, 5.74) is -0.0642. The molecule has 2 aliphatic heterocycles. The molecule has 0 aromatic rings. The first-order chi connectivity index (χ1) is 7.65. The molecule has 0 bridgehead atoms. The third kappa shape index (κ3) is 2.23. The predicted octanol–water partition coefficient (Wildman–Crippen LogP) is 2.21. The number of carboxylic acid groups (broad SMARTS) is 1. The number of carbonyl (C=O) groups is 1. The van der Waals surface area contributed by atoms with Gasteiger partial charge in [0.1, 0.15) is 0 Å². The Morgan fingerprint density at radius 3 is 2.69 bits per heavy atom. The molecular weight excluding hydrogens is 222 g/mol. The minimum atomic E-state index is -0.638. The molecule has 1 N–H and O–H groups in total. The predicted molar refractivity (Wildman–Crippen MR) is 66.9 cm³/mol. The summed E-state index contributed by atoms with van der Waals surface area (Å²) in [5, 5.41) is 9.63. The van der Waals surface area contributed by atoms with E-state index in [1.165, 1.54) is 25.0 Å². The Labute approximate surface area is 102 Å². The molecule has 2 fully saturated rings. The highest BCUT2D eigenvalue weighted by Gasteiger charge is 2.45. The first kappa shape index (κ1) is 12.2. The fraction of sp³-hybridized carbons (Fsp3) is 0.917. The molecule has 2 rings (SSSR count). The smallest absolute Gasteiger partial charge is 0.305 e. The van der Waals surface area contributed by atoms with Crippen molar-refractivity contribution < 1.29 is 9.90 Å². The molecule has 0 amide bonds. The molecule has 2 unspecified atom stereocenters. The molecule has 3 nitrogen and oxygen atoms in total. The molecule has 0 aromatic carbocycles. The van der Waals surface area contributed by atoms with Gasteiger partial charge >= 0.3 is 5.97 Å². The van der Waals surface area contributed by atoms with Gasteiger partial charge in [-0.1, -0.05) is 6.92 Å². The summed E-state index contributed by atoms with van der Waals surface area (Å²) in [6.07, 6.45) is 5.02. The normalized spacial score (nSPS) is 36.4. The van der Waals surface area contributed by atoms with Crippen LogP contribution in [0.4, 0.5) is 0 Å². The van der Waals surface area contributed by atoms with Crippen molar-refractivity contribution in [1.82, 2.24) is 4.90 Å². The van der Waals surface area contributed by atoms with Gasteiger partial charge in [-0.3, -0.25) is 9.69 Å². The summed E-state index contributed by atoms with van der Waals surface area (Å²) in [6.45, 7) is 4.40. The van der Waals surface area contributed by atoms with Gasteiger partial charge in [0.25, 0.3) is 0 Å². The van der Waals surface area contributed by atoms with Gasteiger partial charge < -0.3 is 5.11 Å². The van der Waals surface area contributed by atoms with Gasteiger partial charge in [0.2, 0.25) is 0 Å². The third-order valence-corrected chi connectivity index (χ3v) is 5.53. The molecule has 2 aliphatic rings. The lowest BCUT2D eigenvalue weighted by Gasteiger charge is -2.48. The minimum Gasteiger partial charge on any atom is -0.481 e. The summed E-state index contributed by atoms with van der Waals surface area (Å²) in [4.78, 5) is 13.6. The molecule has 2 saturated heterocycles. The Bertz CT molecular complexity index is 266. The summed E-state index contributed by atoms with van der Waals surface area (Å²) < 4.78 is 0. The van der Waals surface area contributed by atoms with Crippen LogP contribution in [0.3, 0.4) is 0 Å². The Morgan fingerprint density at radius 1 is 1.44 bits per heavy atom. The second-order valence-corrected chi connectivity index (χ2v) is 6.43. The van der Waals surface area contributed by atoms with Gasteiger partial charge in [0.05, 0.1) is 6.42 Å². The van der Waals surface area contributed by atoms with Crippen LogP contribution in [0.1, 0.15) is 39.0 Å². The van der Waals surface area contributed by atoms with Crippen molar-refractivity contribution in [2.45, 2.75) is 49.8 Å². The second-order valence-electron chi connectivity index (χ2n) is 4.98. The van der Waals surface area contributed by atoms with E-state index < -0.39 is 5.97 Å². The van der Waals surface area contributed by atoms with E-state index in [0.717, 1.165) is 19.5 Å². The Balaban J connectivity index is 2.18. The van der Waals surface area contributed by atoms with Crippen LogP contribution in [0.25, 0.3) is 0 Å². The van der Waals surface area contributed by atoms with Crippen molar-refractivity contribution in [3.05, 3.63) is 0 Å². The number of aliphatic carboxylic acids is 1. The fourth-order valence-corrected chi connectivity index (χ4v) is 4.51. The highest BCUT2D eigenvalue weighted by atomic mass is 32.2. The molecule has 2 atom stereocenters. The lowest BCUT2D eigenvalue weighted by molar-refractivity contribution is -0.140. The van der Waals surface area contributed by atoms with Crippen molar-refractivity contribution in [3.63, 3.8) is 0 Å². The lowest BCUT2D eigenvalue weighted by Crippen LogP contribution is -2.56. The molecule has 0 aliphatic carbocycles. The second kappa shape index (κ2) is 4.96. The van der Waals surface area contributed by atoms with Gasteiger partial charge in [-0.15, -0.1) is 0 Å². The van der Waals surface area contributed by atoms with Crippen LogP contribution in [-0.2, 0) is 4.79 Å². The molecule has 16 heavy (non-hydrogen) atoms. The topological polar surface area (TPSA) is 40.5 Å². The molecule has 0 radical (unpaired) electrons. The summed E-state index contributed by atoms with van der Waals surface area (Å²) in [7, 11) is 0. The number of hydrogen-bond acceptors (Lipinski definition) is 3. The zero-order chi connectivity index (χ0) is 11.6. The molecule has 0 saturated carbocycles. The van der Waals surface area contributed by atoms with Gasteiger partial charge in [-0.05, 0) is 44.5 Å². The Hall–Kier alpha value is -0.220. The van der Waals surface area contributed by atoms with Crippen LogP contribution >= 0.6 is 11.8 Å². The van der Waals surface area contributed by atoms with Crippen LogP contribution < -0.4 is 0 Å². The lowest BCUT2D eigenvalue weighted by atomic mass is 9.84. The number of nitrogens with zero attached hydrogens (tertiary/aromatic N) is 1. The number of hydrogen-bond donors (Lipinski definition) is 1. The number of likely N-dealkylation sites (tertiary alicyclic amines) is 1. The SMILES string of the molecule is CC1SCCCC1(CC(=O)O)N1CCCC1. The molecule has 4 heteroatoms. The van der Waals surface area contributed by atoms with Gasteiger partial charge in [0.15, 0.2) is 0 Å². The summed E-state index contributed by atoms with van der Waals surface area (Å²) in [6, 6.07) is 0. The first-order valence-corrected chi connectivity index (χ1v) is 7.28. The average molecular weight is 243 g/mol. The zero-order valence-corrected chi connectivity index (χ0v) is 10.8. The van der Waals surface area contributed by atoms with Crippen LogP contribution in [0, 0.1) is 0 Å². The maximum atomic E-state index is 11.1. The van der Waals surface area contributed by atoms with Gasteiger partial charge in [-0.25, -0.2) is 0 Å². The number of carboxylic acids is 1. The highest BCUT2D eigenvalue weighted by Crippen LogP contribution is 2.42. The molecule has 92 valence electrons. The highest BCUT2D eigenvalue weighted by molar-refractivity contribution is 8.00. The van der Waals surface area contributed by atoms with Crippen molar-refractivity contribution in [2.75, 3.05) is 18.8 Å². The molecule has 0 spiro atoms. The quantitative estimate of drug-likeness (QED) is 0.825. The van der Waals surface area contributed by atoms with Crippen molar-refractivity contribution in [3.8, 4) is 0 Å². The van der Waals surface area contributed by atoms with E-state index >= 15 is 0 Å². The van der Waals surface area contributed by atoms with E-state index in [-0.39, 0.29) is 5.54 Å². The Kier molecular flexibility index (Phi) is 3.80. The zero-order valence-electron chi connectivity index (χ0n) is 9.95. The monoisotopic (exact) mass is 243 g/mol.